The van der Waals surface area contributed by atoms with E-state index in [1.807, 2.05) is 13.8 Å². The number of carbonyl (C=O) groups excluding carboxylic acids is 1. The minimum atomic E-state index is -0.932. The molecule has 9 nitrogen and oxygen atoms in total. The molecular weight excluding hydrogens is 326 g/mol. The Kier molecular flexibility index (Phi) is 5.68. The average molecular weight is 347 g/mol. The van der Waals surface area contributed by atoms with Crippen LogP contribution >= 0.6 is 0 Å². The standard InChI is InChI=1S/C16H21N5O4/c1-9(2)6-11(16(24)25)7-17-15(23)12-8-18-21(10(12)3)13-4-5-14(22)20-19-13/h4-5,8-9,11H,6-7H2,1-3H3,(H,17,23)(H,20,22)(H,24,25). The summed E-state index contributed by atoms with van der Waals surface area (Å²) in [5.41, 5.74) is 0.519. The van der Waals surface area contributed by atoms with Gasteiger partial charge >= 0.3 is 5.97 Å². The molecule has 0 aliphatic rings. The van der Waals surface area contributed by atoms with Crippen LogP contribution in [0.25, 0.3) is 5.82 Å². The summed E-state index contributed by atoms with van der Waals surface area (Å²) in [6.45, 7) is 5.61. The third kappa shape index (κ3) is 4.52. The summed E-state index contributed by atoms with van der Waals surface area (Å²) in [6, 6.07) is 2.80. The Morgan fingerprint density at radius 1 is 1.36 bits per heavy atom. The van der Waals surface area contributed by atoms with E-state index in [0.717, 1.165) is 0 Å². The zero-order chi connectivity index (χ0) is 18.6. The predicted octanol–water partition coefficient (Wildman–Crippen LogP) is 0.741. The van der Waals surface area contributed by atoms with Gasteiger partial charge in [-0.25, -0.2) is 9.78 Å². The second kappa shape index (κ2) is 7.73. The number of carbonyl (C=O) groups is 2. The fourth-order valence-corrected chi connectivity index (χ4v) is 2.47. The first-order valence-electron chi connectivity index (χ1n) is 7.91. The molecule has 9 heteroatoms. The Bertz CT molecular complexity index is 804. The lowest BCUT2D eigenvalue weighted by Gasteiger charge is -2.15. The van der Waals surface area contributed by atoms with Crippen LogP contribution in [0.5, 0.6) is 0 Å². The van der Waals surface area contributed by atoms with Gasteiger partial charge in [-0.1, -0.05) is 13.8 Å². The molecule has 0 aliphatic carbocycles. The van der Waals surface area contributed by atoms with Gasteiger partial charge in [0.25, 0.3) is 11.5 Å². The summed E-state index contributed by atoms with van der Waals surface area (Å²) in [5, 5.41) is 22.1. The molecule has 25 heavy (non-hydrogen) atoms. The second-order valence-corrected chi connectivity index (χ2v) is 6.21. The van der Waals surface area contributed by atoms with Crippen molar-refractivity contribution in [3.05, 3.63) is 39.9 Å². The van der Waals surface area contributed by atoms with Gasteiger partial charge in [0.1, 0.15) is 0 Å². The fourth-order valence-electron chi connectivity index (χ4n) is 2.47. The van der Waals surface area contributed by atoms with Crippen molar-refractivity contribution in [1.82, 2.24) is 25.3 Å². The molecule has 0 spiro atoms. The van der Waals surface area contributed by atoms with Crippen molar-refractivity contribution in [1.29, 1.82) is 0 Å². The minimum Gasteiger partial charge on any atom is -0.481 e. The van der Waals surface area contributed by atoms with Crippen LogP contribution in [0.2, 0.25) is 0 Å². The molecule has 1 atom stereocenters. The SMILES string of the molecule is Cc1c(C(=O)NCC(CC(C)C)C(=O)O)cnn1-c1ccc(=O)[nH]n1. The highest BCUT2D eigenvalue weighted by Gasteiger charge is 2.21. The smallest absolute Gasteiger partial charge is 0.308 e. The quantitative estimate of drug-likeness (QED) is 0.677. The first kappa shape index (κ1) is 18.4. The van der Waals surface area contributed by atoms with E-state index in [-0.39, 0.29) is 18.0 Å². The van der Waals surface area contributed by atoms with Crippen LogP contribution in [-0.4, -0.2) is 43.5 Å². The van der Waals surface area contributed by atoms with Gasteiger partial charge in [-0.15, -0.1) is 0 Å². The highest BCUT2D eigenvalue weighted by Crippen LogP contribution is 2.13. The van der Waals surface area contributed by atoms with E-state index in [1.54, 1.807) is 6.92 Å². The van der Waals surface area contributed by atoms with E-state index in [9.17, 15) is 19.5 Å². The Morgan fingerprint density at radius 3 is 2.64 bits per heavy atom. The number of amides is 1. The number of aromatic nitrogens is 4. The van der Waals surface area contributed by atoms with Gasteiger partial charge in [0.05, 0.1) is 23.4 Å². The third-order valence-electron chi connectivity index (χ3n) is 3.75. The number of rotatable bonds is 7. The summed E-state index contributed by atoms with van der Waals surface area (Å²) >= 11 is 0. The molecule has 2 aromatic heterocycles. The molecule has 2 aromatic rings. The summed E-state index contributed by atoms with van der Waals surface area (Å²) < 4.78 is 1.42. The largest absolute Gasteiger partial charge is 0.481 e. The first-order valence-corrected chi connectivity index (χ1v) is 7.91. The van der Waals surface area contributed by atoms with Crippen LogP contribution in [0.1, 0.15) is 36.3 Å². The van der Waals surface area contributed by atoms with Crippen LogP contribution in [0.15, 0.2) is 23.1 Å². The number of carboxylic acid groups (broad SMARTS) is 1. The summed E-state index contributed by atoms with van der Waals surface area (Å²) in [4.78, 5) is 34.7. The van der Waals surface area contributed by atoms with Gasteiger partial charge in [0, 0.05) is 12.6 Å². The van der Waals surface area contributed by atoms with Crippen LogP contribution in [0, 0.1) is 18.8 Å². The Balaban J connectivity index is 2.11. The summed E-state index contributed by atoms with van der Waals surface area (Å²) in [7, 11) is 0. The second-order valence-electron chi connectivity index (χ2n) is 6.21. The maximum Gasteiger partial charge on any atom is 0.308 e. The maximum atomic E-state index is 12.3. The number of H-pyrrole nitrogens is 1. The Morgan fingerprint density at radius 2 is 2.08 bits per heavy atom. The molecule has 0 saturated heterocycles. The van der Waals surface area contributed by atoms with Gasteiger partial charge in [-0.2, -0.15) is 10.2 Å². The van der Waals surface area contributed by atoms with Gasteiger partial charge < -0.3 is 10.4 Å². The highest BCUT2D eigenvalue weighted by atomic mass is 16.4. The Labute approximate surface area is 144 Å². The van der Waals surface area contributed by atoms with E-state index in [1.165, 1.54) is 23.0 Å². The van der Waals surface area contributed by atoms with E-state index in [4.69, 9.17) is 0 Å². The number of hydrogen-bond acceptors (Lipinski definition) is 5. The van der Waals surface area contributed by atoms with Crippen LogP contribution in [-0.2, 0) is 4.79 Å². The molecule has 1 amide bonds. The highest BCUT2D eigenvalue weighted by molar-refractivity contribution is 5.95. The van der Waals surface area contributed by atoms with Gasteiger partial charge in [-0.05, 0) is 25.3 Å². The maximum absolute atomic E-state index is 12.3. The monoisotopic (exact) mass is 347 g/mol. The normalized spacial score (nSPS) is 12.2. The number of carboxylic acids is 1. The van der Waals surface area contributed by atoms with Crippen molar-refractivity contribution in [2.45, 2.75) is 27.2 Å². The number of aromatic amines is 1. The summed E-state index contributed by atoms with van der Waals surface area (Å²) in [6.07, 6.45) is 1.87. The zero-order valence-corrected chi connectivity index (χ0v) is 14.3. The van der Waals surface area contributed by atoms with Crippen LogP contribution < -0.4 is 10.9 Å². The molecule has 0 bridgehead atoms. The molecule has 0 fully saturated rings. The van der Waals surface area contributed by atoms with Crippen molar-refractivity contribution >= 4 is 11.9 Å². The molecule has 3 N–H and O–H groups in total. The molecule has 0 radical (unpaired) electrons. The third-order valence-corrected chi connectivity index (χ3v) is 3.75. The van der Waals surface area contributed by atoms with E-state index in [2.05, 4.69) is 20.6 Å². The lowest BCUT2D eigenvalue weighted by molar-refractivity contribution is -0.142. The molecule has 0 aromatic carbocycles. The van der Waals surface area contributed by atoms with E-state index in [0.29, 0.717) is 23.5 Å². The van der Waals surface area contributed by atoms with E-state index >= 15 is 0 Å². The van der Waals surface area contributed by atoms with Crippen molar-refractivity contribution in [2.75, 3.05) is 6.54 Å². The lowest BCUT2D eigenvalue weighted by Crippen LogP contribution is -2.33. The molecular formula is C16H21N5O4. The minimum absolute atomic E-state index is 0.0495. The van der Waals surface area contributed by atoms with Crippen molar-refractivity contribution in [2.24, 2.45) is 11.8 Å². The molecule has 1 unspecified atom stereocenters. The van der Waals surface area contributed by atoms with Crippen molar-refractivity contribution < 1.29 is 14.7 Å². The Hall–Kier alpha value is -2.97. The zero-order valence-electron chi connectivity index (χ0n) is 14.3. The van der Waals surface area contributed by atoms with Crippen LogP contribution in [0.3, 0.4) is 0 Å². The molecule has 0 aliphatic heterocycles. The lowest BCUT2D eigenvalue weighted by atomic mass is 9.97. The molecule has 134 valence electrons. The van der Waals surface area contributed by atoms with Gasteiger partial charge in [-0.3, -0.25) is 14.4 Å². The van der Waals surface area contributed by atoms with Crippen LogP contribution in [0.4, 0.5) is 0 Å². The van der Waals surface area contributed by atoms with E-state index < -0.39 is 17.8 Å². The first-order chi connectivity index (χ1) is 11.8. The van der Waals surface area contributed by atoms with Gasteiger partial charge in [0.2, 0.25) is 0 Å². The van der Waals surface area contributed by atoms with Gasteiger partial charge in [0.15, 0.2) is 5.82 Å². The summed E-state index contributed by atoms with van der Waals surface area (Å²) in [5.74, 6) is -1.38. The fraction of sp³-hybridized carbons (Fsp3) is 0.438. The number of aliphatic carboxylic acids is 1. The number of nitrogens with zero attached hydrogens (tertiary/aromatic N) is 3. The molecule has 2 heterocycles. The topological polar surface area (TPSA) is 130 Å². The molecule has 0 saturated carbocycles. The molecule has 2 rings (SSSR count). The van der Waals surface area contributed by atoms with Crippen molar-refractivity contribution in [3.8, 4) is 5.82 Å². The number of nitrogens with one attached hydrogen (secondary N) is 2. The average Bonchev–Trinajstić information content (AvgIpc) is 2.93. The van der Waals surface area contributed by atoms with Crippen molar-refractivity contribution in [3.63, 3.8) is 0 Å². The predicted molar refractivity (Wildman–Crippen MR) is 89.6 cm³/mol. The number of hydrogen-bond donors (Lipinski definition) is 3.